The summed E-state index contributed by atoms with van der Waals surface area (Å²) in [5, 5.41) is 0. The molecule has 1 saturated carbocycles. The largest absolute Gasteiger partial charge is 0.459 e. The van der Waals surface area contributed by atoms with Crippen molar-refractivity contribution >= 4 is 5.97 Å². The summed E-state index contributed by atoms with van der Waals surface area (Å²) < 4.78 is 20.3. The van der Waals surface area contributed by atoms with Gasteiger partial charge in [-0.3, -0.25) is 4.79 Å². The molecule has 1 rings (SSSR count). The number of alkyl halides is 1. The maximum absolute atomic E-state index is 14.8. The van der Waals surface area contributed by atoms with Gasteiger partial charge in [-0.25, -0.2) is 4.39 Å². The topological polar surface area (TPSA) is 26.3 Å². The number of rotatable bonds is 4. The van der Waals surface area contributed by atoms with E-state index >= 15 is 0 Å². The van der Waals surface area contributed by atoms with Gasteiger partial charge in [0.15, 0.2) is 0 Å². The van der Waals surface area contributed by atoms with Gasteiger partial charge in [-0.1, -0.05) is 27.7 Å². The van der Waals surface area contributed by atoms with Gasteiger partial charge in [-0.05, 0) is 39.5 Å². The van der Waals surface area contributed by atoms with Crippen LogP contribution in [0.2, 0.25) is 0 Å². The van der Waals surface area contributed by atoms with Crippen molar-refractivity contribution in [1.82, 2.24) is 0 Å². The Morgan fingerprint density at radius 2 is 1.89 bits per heavy atom. The first-order valence-electron chi connectivity index (χ1n) is 6.93. The van der Waals surface area contributed by atoms with Crippen LogP contribution in [0.3, 0.4) is 0 Å². The molecule has 0 spiro atoms. The SMILES string of the molecule is CCC1(F)C(C)C1(CC(C)C)C(=O)OC(C)(C)C. The molecule has 0 N–H and O–H groups in total. The van der Waals surface area contributed by atoms with Gasteiger partial charge >= 0.3 is 5.97 Å². The van der Waals surface area contributed by atoms with E-state index in [9.17, 15) is 9.18 Å². The standard InChI is InChI=1S/C15H27FO2/c1-8-15(16)11(4)14(15,9-10(2)3)12(17)18-13(5,6)7/h10-11H,8-9H2,1-7H3. The molecule has 3 unspecified atom stereocenters. The first-order valence-corrected chi connectivity index (χ1v) is 6.93. The van der Waals surface area contributed by atoms with E-state index in [-0.39, 0.29) is 17.8 Å². The molecule has 0 radical (unpaired) electrons. The van der Waals surface area contributed by atoms with Gasteiger partial charge in [0.1, 0.15) is 16.7 Å². The first-order chi connectivity index (χ1) is 8.01. The molecule has 3 heteroatoms. The van der Waals surface area contributed by atoms with Crippen LogP contribution in [-0.2, 0) is 9.53 Å². The highest BCUT2D eigenvalue weighted by Gasteiger charge is 2.79. The second-order valence-electron chi connectivity index (χ2n) is 7.01. The molecule has 0 saturated heterocycles. The summed E-state index contributed by atoms with van der Waals surface area (Å²) in [6.07, 6.45) is 0.938. The van der Waals surface area contributed by atoms with Crippen LogP contribution in [0.1, 0.15) is 61.3 Å². The highest BCUT2D eigenvalue weighted by Crippen LogP contribution is 2.69. The zero-order valence-corrected chi connectivity index (χ0v) is 12.8. The molecule has 1 fully saturated rings. The minimum atomic E-state index is -1.39. The Hall–Kier alpha value is -0.600. The van der Waals surface area contributed by atoms with E-state index in [2.05, 4.69) is 0 Å². The Balaban J connectivity index is 2.99. The lowest BCUT2D eigenvalue weighted by Crippen LogP contribution is -2.34. The van der Waals surface area contributed by atoms with Gasteiger partial charge in [0.2, 0.25) is 0 Å². The highest BCUT2D eigenvalue weighted by molar-refractivity contribution is 5.84. The molecule has 0 amide bonds. The van der Waals surface area contributed by atoms with Crippen molar-refractivity contribution in [2.75, 3.05) is 0 Å². The van der Waals surface area contributed by atoms with Gasteiger partial charge < -0.3 is 4.74 Å². The fraction of sp³-hybridized carbons (Fsp3) is 0.933. The fourth-order valence-corrected chi connectivity index (χ4v) is 3.18. The van der Waals surface area contributed by atoms with E-state index in [1.807, 2.05) is 48.5 Å². The van der Waals surface area contributed by atoms with Crippen molar-refractivity contribution in [2.45, 2.75) is 72.6 Å². The molecule has 18 heavy (non-hydrogen) atoms. The number of carbonyl (C=O) groups is 1. The molecular weight excluding hydrogens is 231 g/mol. The minimum Gasteiger partial charge on any atom is -0.459 e. The summed E-state index contributed by atoms with van der Waals surface area (Å²) in [7, 11) is 0. The van der Waals surface area contributed by atoms with E-state index in [0.29, 0.717) is 12.8 Å². The van der Waals surface area contributed by atoms with Crippen LogP contribution in [0.4, 0.5) is 4.39 Å². The van der Waals surface area contributed by atoms with E-state index in [1.54, 1.807) is 0 Å². The third-order valence-corrected chi connectivity index (χ3v) is 4.09. The van der Waals surface area contributed by atoms with E-state index in [0.717, 1.165) is 0 Å². The van der Waals surface area contributed by atoms with E-state index in [4.69, 9.17) is 4.74 Å². The van der Waals surface area contributed by atoms with Gasteiger partial charge in [0.05, 0.1) is 0 Å². The average molecular weight is 258 g/mol. The first kappa shape index (κ1) is 15.5. The molecule has 2 nitrogen and oxygen atoms in total. The molecule has 0 aromatic rings. The fourth-order valence-electron chi connectivity index (χ4n) is 3.18. The monoisotopic (exact) mass is 258 g/mol. The van der Waals surface area contributed by atoms with Gasteiger partial charge in [-0.2, -0.15) is 0 Å². The molecule has 3 atom stereocenters. The van der Waals surface area contributed by atoms with Crippen LogP contribution in [0, 0.1) is 17.3 Å². The predicted octanol–water partition coefficient (Wildman–Crippen LogP) is 4.13. The summed E-state index contributed by atoms with van der Waals surface area (Å²) in [4.78, 5) is 12.4. The number of hydrogen-bond donors (Lipinski definition) is 0. The second-order valence-corrected chi connectivity index (χ2v) is 7.01. The highest BCUT2D eigenvalue weighted by atomic mass is 19.1. The summed E-state index contributed by atoms with van der Waals surface area (Å²) in [5.41, 5.74) is -2.87. The molecule has 0 aliphatic heterocycles. The van der Waals surface area contributed by atoms with Crippen LogP contribution in [0.15, 0.2) is 0 Å². The Morgan fingerprint density at radius 3 is 2.17 bits per heavy atom. The lowest BCUT2D eigenvalue weighted by Gasteiger charge is -2.26. The molecule has 0 heterocycles. The van der Waals surface area contributed by atoms with Crippen LogP contribution >= 0.6 is 0 Å². The van der Waals surface area contributed by atoms with Crippen molar-refractivity contribution in [1.29, 1.82) is 0 Å². The van der Waals surface area contributed by atoms with Crippen LogP contribution in [-0.4, -0.2) is 17.2 Å². The van der Waals surface area contributed by atoms with Crippen LogP contribution in [0.5, 0.6) is 0 Å². The molecular formula is C15H27FO2. The van der Waals surface area contributed by atoms with Crippen LogP contribution < -0.4 is 0 Å². The van der Waals surface area contributed by atoms with Crippen molar-refractivity contribution in [2.24, 2.45) is 17.3 Å². The molecule has 0 aromatic heterocycles. The van der Waals surface area contributed by atoms with Gasteiger partial charge in [0, 0.05) is 5.92 Å². The molecule has 1 aliphatic rings. The maximum atomic E-state index is 14.8. The summed E-state index contributed by atoms with van der Waals surface area (Å²) in [6, 6.07) is 0. The lowest BCUT2D eigenvalue weighted by molar-refractivity contribution is -0.165. The van der Waals surface area contributed by atoms with Crippen molar-refractivity contribution in [3.05, 3.63) is 0 Å². The predicted molar refractivity (Wildman–Crippen MR) is 71.0 cm³/mol. The quantitative estimate of drug-likeness (QED) is 0.709. The molecule has 0 bridgehead atoms. The Kier molecular flexibility index (Phi) is 3.86. The summed E-state index contributed by atoms with van der Waals surface area (Å²) >= 11 is 0. The van der Waals surface area contributed by atoms with Crippen LogP contribution in [0.25, 0.3) is 0 Å². The minimum absolute atomic E-state index is 0.243. The van der Waals surface area contributed by atoms with Crippen molar-refractivity contribution in [3.63, 3.8) is 0 Å². The summed E-state index contributed by atoms with van der Waals surface area (Å²) in [5.74, 6) is -0.322. The third-order valence-electron chi connectivity index (χ3n) is 4.09. The van der Waals surface area contributed by atoms with Gasteiger partial charge in [0.25, 0.3) is 0 Å². The molecule has 0 aromatic carbocycles. The average Bonchev–Trinajstić information content (AvgIpc) is 2.64. The zero-order chi connectivity index (χ0) is 14.4. The van der Waals surface area contributed by atoms with Crippen molar-refractivity contribution < 1.29 is 13.9 Å². The van der Waals surface area contributed by atoms with Gasteiger partial charge in [-0.15, -0.1) is 0 Å². The number of hydrogen-bond acceptors (Lipinski definition) is 2. The number of esters is 1. The Bertz CT molecular complexity index is 332. The van der Waals surface area contributed by atoms with E-state index < -0.39 is 16.7 Å². The second kappa shape index (κ2) is 4.50. The number of carbonyl (C=O) groups excluding carboxylic acids is 1. The Morgan fingerprint density at radius 1 is 1.39 bits per heavy atom. The normalized spacial score (nSPS) is 35.7. The lowest BCUT2D eigenvalue weighted by atomic mass is 9.89. The van der Waals surface area contributed by atoms with Crippen molar-refractivity contribution in [3.8, 4) is 0 Å². The van der Waals surface area contributed by atoms with E-state index in [1.165, 1.54) is 0 Å². The maximum Gasteiger partial charge on any atom is 0.316 e. The smallest absolute Gasteiger partial charge is 0.316 e. The molecule has 106 valence electrons. The number of halogens is 1. The zero-order valence-electron chi connectivity index (χ0n) is 12.8. The molecule has 1 aliphatic carbocycles. The summed E-state index contributed by atoms with van der Waals surface area (Å²) in [6.45, 7) is 13.2. The number of ether oxygens (including phenoxy) is 1. The Labute approximate surface area is 110 Å². The third kappa shape index (κ3) is 2.28.